The molecule has 0 spiro atoms. The fraction of sp³-hybridized carbons (Fsp3) is 0.375. The van der Waals surface area contributed by atoms with Crippen molar-refractivity contribution in [1.82, 2.24) is 15.0 Å². The summed E-state index contributed by atoms with van der Waals surface area (Å²) in [6.07, 6.45) is 1.68. The lowest BCUT2D eigenvalue weighted by molar-refractivity contribution is 0.311. The molecule has 15 heavy (non-hydrogen) atoms. The maximum atomic E-state index is 8.61. The fourth-order valence-corrected chi connectivity index (χ4v) is 0.999. The number of nitrogens with zero attached hydrogens (tertiary/aromatic N) is 3. The predicted octanol–water partition coefficient (Wildman–Crippen LogP) is 0.527. The molecule has 0 amide bonds. The first-order valence-electron chi connectivity index (χ1n) is 4.37. The van der Waals surface area contributed by atoms with Gasteiger partial charge in [-0.15, -0.1) is 6.58 Å². The van der Waals surface area contributed by atoms with E-state index in [0.717, 1.165) is 0 Å². The Kier molecular flexibility index (Phi) is 4.79. The quantitative estimate of drug-likeness (QED) is 0.618. The molecule has 0 aliphatic heterocycles. The molecule has 0 atom stereocenters. The summed E-state index contributed by atoms with van der Waals surface area (Å²) in [5, 5.41) is 14.4. The minimum Gasteiger partial charge on any atom is -0.395 e. The topological polar surface area (TPSA) is 83.0 Å². The lowest BCUT2D eigenvalue weighted by Crippen LogP contribution is -2.11. The lowest BCUT2D eigenvalue weighted by Gasteiger charge is -2.05. The second-order valence-electron chi connectivity index (χ2n) is 2.57. The molecule has 6 nitrogen and oxygen atoms in total. The Morgan fingerprint density at radius 3 is 2.53 bits per heavy atom. The van der Waals surface area contributed by atoms with Gasteiger partial charge in [-0.3, -0.25) is 0 Å². The molecule has 0 aromatic carbocycles. The summed E-state index contributed by atoms with van der Waals surface area (Å²) in [6.45, 7) is 4.46. The number of halogens is 1. The van der Waals surface area contributed by atoms with Gasteiger partial charge in [-0.2, -0.15) is 15.0 Å². The molecule has 3 N–H and O–H groups in total. The number of aromatic nitrogens is 3. The first-order chi connectivity index (χ1) is 7.26. The molecule has 0 aliphatic rings. The summed E-state index contributed by atoms with van der Waals surface area (Å²) in [4.78, 5) is 11.7. The first-order valence-corrected chi connectivity index (χ1v) is 4.75. The van der Waals surface area contributed by atoms with Gasteiger partial charge >= 0.3 is 0 Å². The van der Waals surface area contributed by atoms with Crippen molar-refractivity contribution in [3.05, 3.63) is 17.9 Å². The van der Waals surface area contributed by atoms with E-state index in [9.17, 15) is 0 Å². The van der Waals surface area contributed by atoms with Crippen LogP contribution in [0.3, 0.4) is 0 Å². The standard InChI is InChI=1S/C8H12ClN5O/c1-2-3-10-7-12-6(9)13-8(14-7)11-4-5-15/h2,15H,1,3-5H2,(H2,10,11,12,13,14). The fourth-order valence-electron chi connectivity index (χ4n) is 0.839. The van der Waals surface area contributed by atoms with E-state index in [0.29, 0.717) is 25.0 Å². The number of anilines is 2. The molecule has 0 unspecified atom stereocenters. The van der Waals surface area contributed by atoms with Crippen molar-refractivity contribution >= 4 is 23.5 Å². The van der Waals surface area contributed by atoms with Crippen LogP contribution in [0.1, 0.15) is 0 Å². The van der Waals surface area contributed by atoms with Crippen molar-refractivity contribution in [2.75, 3.05) is 30.3 Å². The van der Waals surface area contributed by atoms with Gasteiger partial charge in [0.25, 0.3) is 0 Å². The molecule has 1 aromatic heterocycles. The highest BCUT2D eigenvalue weighted by Gasteiger charge is 2.02. The average Bonchev–Trinajstić information content (AvgIpc) is 2.23. The van der Waals surface area contributed by atoms with E-state index in [1.807, 2.05) is 0 Å². The highest BCUT2D eigenvalue weighted by atomic mass is 35.5. The van der Waals surface area contributed by atoms with Crippen LogP contribution < -0.4 is 10.6 Å². The van der Waals surface area contributed by atoms with E-state index in [1.165, 1.54) is 0 Å². The lowest BCUT2D eigenvalue weighted by atomic mass is 10.6. The Labute approximate surface area is 92.4 Å². The van der Waals surface area contributed by atoms with Gasteiger partial charge < -0.3 is 15.7 Å². The zero-order chi connectivity index (χ0) is 11.1. The SMILES string of the molecule is C=CCNc1nc(Cl)nc(NCCO)n1. The molecule has 0 saturated carbocycles. The van der Waals surface area contributed by atoms with Crippen molar-refractivity contribution < 1.29 is 5.11 Å². The maximum Gasteiger partial charge on any atom is 0.229 e. The van der Waals surface area contributed by atoms with Gasteiger partial charge in [0, 0.05) is 13.1 Å². The van der Waals surface area contributed by atoms with E-state index in [2.05, 4.69) is 32.2 Å². The van der Waals surface area contributed by atoms with E-state index < -0.39 is 0 Å². The number of aliphatic hydroxyl groups is 1. The molecule has 0 bridgehead atoms. The minimum absolute atomic E-state index is 0.00127. The molecule has 1 rings (SSSR count). The monoisotopic (exact) mass is 229 g/mol. The van der Waals surface area contributed by atoms with Crippen LogP contribution in [0.5, 0.6) is 0 Å². The van der Waals surface area contributed by atoms with Crippen molar-refractivity contribution in [2.24, 2.45) is 0 Å². The molecule has 0 fully saturated rings. The van der Waals surface area contributed by atoms with E-state index in [-0.39, 0.29) is 11.9 Å². The average molecular weight is 230 g/mol. The van der Waals surface area contributed by atoms with E-state index in [4.69, 9.17) is 16.7 Å². The second-order valence-corrected chi connectivity index (χ2v) is 2.91. The molecule has 1 heterocycles. The smallest absolute Gasteiger partial charge is 0.229 e. The van der Waals surface area contributed by atoms with Gasteiger partial charge in [0.15, 0.2) is 0 Å². The molecular formula is C8H12ClN5O. The molecule has 1 aromatic rings. The normalized spacial score (nSPS) is 9.73. The zero-order valence-electron chi connectivity index (χ0n) is 8.07. The summed E-state index contributed by atoms with van der Waals surface area (Å²) in [7, 11) is 0. The van der Waals surface area contributed by atoms with Crippen LogP contribution in [-0.4, -0.2) is 39.8 Å². The van der Waals surface area contributed by atoms with Crippen LogP contribution in [0.2, 0.25) is 5.28 Å². The molecule has 0 radical (unpaired) electrons. The number of hydrogen-bond acceptors (Lipinski definition) is 6. The van der Waals surface area contributed by atoms with E-state index in [1.54, 1.807) is 6.08 Å². The molecule has 7 heteroatoms. The van der Waals surface area contributed by atoms with Crippen molar-refractivity contribution in [3.63, 3.8) is 0 Å². The summed E-state index contributed by atoms with van der Waals surface area (Å²) in [5.74, 6) is 0.700. The van der Waals surface area contributed by atoms with Crippen LogP contribution in [0.4, 0.5) is 11.9 Å². The molecule has 0 aliphatic carbocycles. The summed E-state index contributed by atoms with van der Waals surface area (Å²) in [6, 6.07) is 0. The van der Waals surface area contributed by atoms with Gasteiger partial charge in [0.2, 0.25) is 17.2 Å². The Morgan fingerprint density at radius 1 is 1.27 bits per heavy atom. The minimum atomic E-state index is -0.00127. The third kappa shape index (κ3) is 4.09. The predicted molar refractivity (Wildman–Crippen MR) is 59.1 cm³/mol. The number of nitrogens with one attached hydrogen (secondary N) is 2. The third-order valence-corrected chi connectivity index (χ3v) is 1.58. The zero-order valence-corrected chi connectivity index (χ0v) is 8.83. The summed E-state index contributed by atoms with van der Waals surface area (Å²) >= 11 is 5.68. The molecule has 82 valence electrons. The van der Waals surface area contributed by atoms with E-state index >= 15 is 0 Å². The van der Waals surface area contributed by atoms with Crippen LogP contribution in [0, 0.1) is 0 Å². The van der Waals surface area contributed by atoms with Crippen LogP contribution in [0.25, 0.3) is 0 Å². The largest absolute Gasteiger partial charge is 0.395 e. The Hall–Kier alpha value is -1.40. The van der Waals surface area contributed by atoms with Crippen molar-refractivity contribution in [1.29, 1.82) is 0 Å². The van der Waals surface area contributed by atoms with Crippen LogP contribution >= 0.6 is 11.6 Å². The Balaban J connectivity index is 2.70. The van der Waals surface area contributed by atoms with Gasteiger partial charge in [0.1, 0.15) is 0 Å². The highest BCUT2D eigenvalue weighted by Crippen LogP contribution is 2.08. The van der Waals surface area contributed by atoms with Crippen LogP contribution in [0.15, 0.2) is 12.7 Å². The number of hydrogen-bond donors (Lipinski definition) is 3. The highest BCUT2D eigenvalue weighted by molar-refractivity contribution is 6.28. The van der Waals surface area contributed by atoms with Crippen LogP contribution in [-0.2, 0) is 0 Å². The van der Waals surface area contributed by atoms with Gasteiger partial charge in [0.05, 0.1) is 6.61 Å². The first kappa shape index (κ1) is 11.7. The molecule has 0 saturated heterocycles. The molecular weight excluding hydrogens is 218 g/mol. The Bertz CT molecular complexity index is 333. The third-order valence-electron chi connectivity index (χ3n) is 1.41. The van der Waals surface area contributed by atoms with Gasteiger partial charge in [-0.05, 0) is 11.6 Å². The van der Waals surface area contributed by atoms with Crippen molar-refractivity contribution in [3.8, 4) is 0 Å². The van der Waals surface area contributed by atoms with Gasteiger partial charge in [-0.25, -0.2) is 0 Å². The van der Waals surface area contributed by atoms with Gasteiger partial charge in [-0.1, -0.05) is 6.08 Å². The van der Waals surface area contributed by atoms with Crippen molar-refractivity contribution in [2.45, 2.75) is 0 Å². The number of aliphatic hydroxyl groups excluding tert-OH is 1. The summed E-state index contributed by atoms with van der Waals surface area (Å²) in [5.41, 5.74) is 0. The summed E-state index contributed by atoms with van der Waals surface area (Å²) < 4.78 is 0. The number of rotatable bonds is 6. The Morgan fingerprint density at radius 2 is 1.93 bits per heavy atom. The maximum absolute atomic E-state index is 8.61. The second kappa shape index (κ2) is 6.15.